The van der Waals surface area contributed by atoms with Gasteiger partial charge in [-0.2, -0.15) is 5.01 Å². The number of nitrogens with zero attached hydrogens (tertiary/aromatic N) is 2. The predicted octanol–water partition coefficient (Wildman–Crippen LogP) is 0.480. The molecule has 0 spiro atoms. The minimum absolute atomic E-state index is 0.268. The summed E-state index contributed by atoms with van der Waals surface area (Å²) >= 11 is 0. The third-order valence-electron chi connectivity index (χ3n) is 4.54. The molecule has 3 aliphatic rings. The van der Waals surface area contributed by atoms with Crippen molar-refractivity contribution >= 4 is 23.4 Å². The average Bonchev–Trinajstić information content (AvgIpc) is 2.80. The van der Waals surface area contributed by atoms with Crippen LogP contribution in [-0.2, 0) is 16.1 Å². The van der Waals surface area contributed by atoms with Gasteiger partial charge in [-0.3, -0.25) is 14.4 Å². The van der Waals surface area contributed by atoms with E-state index in [4.69, 9.17) is 0 Å². The highest BCUT2D eigenvalue weighted by Crippen LogP contribution is 2.29. The average molecular weight is 314 g/mol. The van der Waals surface area contributed by atoms with E-state index >= 15 is 0 Å². The predicted molar refractivity (Wildman–Crippen MR) is 82.3 cm³/mol. The first kappa shape index (κ1) is 14.2. The third kappa shape index (κ3) is 2.37. The second-order valence-corrected chi connectivity index (χ2v) is 6.19. The molecule has 0 atom stereocenters. The van der Waals surface area contributed by atoms with Crippen molar-refractivity contribution in [2.45, 2.75) is 31.8 Å². The van der Waals surface area contributed by atoms with Crippen molar-refractivity contribution in [1.82, 2.24) is 15.3 Å². The topological polar surface area (TPSA) is 81.8 Å². The summed E-state index contributed by atoms with van der Waals surface area (Å²) in [4.78, 5) is 36.6. The Bertz CT molecular complexity index is 683. The molecule has 3 heterocycles. The van der Waals surface area contributed by atoms with Crippen molar-refractivity contribution in [1.29, 1.82) is 0 Å². The summed E-state index contributed by atoms with van der Waals surface area (Å²) in [5, 5.41) is 8.91. The van der Waals surface area contributed by atoms with Crippen LogP contribution in [0.5, 0.6) is 0 Å². The second-order valence-electron chi connectivity index (χ2n) is 6.19. The zero-order chi connectivity index (χ0) is 16.0. The van der Waals surface area contributed by atoms with Crippen molar-refractivity contribution < 1.29 is 14.4 Å². The molecule has 0 unspecified atom stereocenters. The summed E-state index contributed by atoms with van der Waals surface area (Å²) in [7, 11) is 0. The Labute approximate surface area is 133 Å². The van der Waals surface area contributed by atoms with Gasteiger partial charge in [0.25, 0.3) is 5.91 Å². The third-order valence-corrected chi connectivity index (χ3v) is 4.54. The van der Waals surface area contributed by atoms with Gasteiger partial charge in [-0.15, -0.1) is 0 Å². The first-order valence-electron chi connectivity index (χ1n) is 7.91. The number of hydrogen-bond donors (Lipinski definition) is 2. The number of imide groups is 1. The maximum absolute atomic E-state index is 12.5. The molecule has 23 heavy (non-hydrogen) atoms. The Hall–Kier alpha value is -2.41. The normalized spacial score (nSPS) is 21.5. The first-order valence-corrected chi connectivity index (χ1v) is 7.91. The zero-order valence-electron chi connectivity index (χ0n) is 12.7. The van der Waals surface area contributed by atoms with E-state index in [2.05, 4.69) is 10.6 Å². The molecule has 2 fully saturated rings. The number of piperidine rings is 1. The molecule has 4 rings (SSSR count). The molecule has 2 N–H and O–H groups in total. The minimum atomic E-state index is -0.290. The van der Waals surface area contributed by atoms with Crippen molar-refractivity contribution in [3.05, 3.63) is 29.3 Å². The maximum Gasteiger partial charge on any atom is 0.273 e. The summed E-state index contributed by atoms with van der Waals surface area (Å²) < 4.78 is 0. The van der Waals surface area contributed by atoms with Crippen molar-refractivity contribution in [2.75, 3.05) is 18.4 Å². The summed E-state index contributed by atoms with van der Waals surface area (Å²) in [5.74, 6) is -0.858. The molecular weight excluding hydrogens is 296 g/mol. The molecular formula is C16H18N4O3. The quantitative estimate of drug-likeness (QED) is 0.793. The number of carbonyl (C=O) groups is 3. The van der Waals surface area contributed by atoms with Crippen LogP contribution in [0.2, 0.25) is 0 Å². The molecule has 0 saturated carbocycles. The summed E-state index contributed by atoms with van der Waals surface area (Å²) in [6.45, 7) is 2.13. The molecule has 2 saturated heterocycles. The highest BCUT2D eigenvalue weighted by atomic mass is 16.2. The lowest BCUT2D eigenvalue weighted by Gasteiger charge is -2.32. The van der Waals surface area contributed by atoms with E-state index in [0.29, 0.717) is 30.9 Å². The van der Waals surface area contributed by atoms with Crippen LogP contribution >= 0.6 is 0 Å². The van der Waals surface area contributed by atoms with Crippen LogP contribution < -0.4 is 10.6 Å². The van der Waals surface area contributed by atoms with Gasteiger partial charge in [-0.05, 0) is 30.2 Å². The molecule has 0 aliphatic carbocycles. The van der Waals surface area contributed by atoms with Gasteiger partial charge in [0.05, 0.1) is 12.6 Å². The van der Waals surface area contributed by atoms with Crippen LogP contribution in [-0.4, -0.2) is 46.9 Å². The van der Waals surface area contributed by atoms with Gasteiger partial charge in [0.2, 0.25) is 11.8 Å². The van der Waals surface area contributed by atoms with Gasteiger partial charge in [-0.25, -0.2) is 5.01 Å². The van der Waals surface area contributed by atoms with Crippen LogP contribution in [0.15, 0.2) is 18.2 Å². The van der Waals surface area contributed by atoms with E-state index in [0.717, 1.165) is 29.3 Å². The fraction of sp³-hybridized carbons (Fsp3) is 0.438. The fourth-order valence-corrected chi connectivity index (χ4v) is 3.19. The Balaban J connectivity index is 1.57. The van der Waals surface area contributed by atoms with Crippen LogP contribution in [0.25, 0.3) is 0 Å². The number of anilines is 1. The maximum atomic E-state index is 12.5. The van der Waals surface area contributed by atoms with E-state index < -0.39 is 0 Å². The Morgan fingerprint density at radius 1 is 1.09 bits per heavy atom. The molecule has 0 aromatic heterocycles. The lowest BCUT2D eigenvalue weighted by Crippen LogP contribution is -2.52. The minimum Gasteiger partial charge on any atom is -0.380 e. The molecule has 7 nitrogen and oxygen atoms in total. The molecule has 0 radical (unpaired) electrons. The fourth-order valence-electron chi connectivity index (χ4n) is 3.19. The number of benzene rings is 1. The lowest BCUT2D eigenvalue weighted by atomic mass is 10.1. The van der Waals surface area contributed by atoms with Gasteiger partial charge >= 0.3 is 0 Å². The van der Waals surface area contributed by atoms with Crippen molar-refractivity contribution in [2.24, 2.45) is 0 Å². The van der Waals surface area contributed by atoms with E-state index in [9.17, 15) is 14.4 Å². The first-order chi connectivity index (χ1) is 11.1. The number of nitrogens with one attached hydrogen (secondary N) is 2. The van der Waals surface area contributed by atoms with Crippen molar-refractivity contribution in [3.63, 3.8) is 0 Å². The van der Waals surface area contributed by atoms with E-state index in [1.807, 2.05) is 12.1 Å². The van der Waals surface area contributed by atoms with Gasteiger partial charge in [-0.1, -0.05) is 0 Å². The number of carbonyl (C=O) groups excluding carboxylic acids is 3. The Kier molecular flexibility index (Phi) is 3.30. The number of hydrazine groups is 1. The highest BCUT2D eigenvalue weighted by Gasteiger charge is 2.39. The molecule has 120 valence electrons. The molecule has 3 aliphatic heterocycles. The summed E-state index contributed by atoms with van der Waals surface area (Å²) in [6, 6.07) is 5.99. The van der Waals surface area contributed by atoms with Gasteiger partial charge in [0.15, 0.2) is 0 Å². The number of rotatable bonds is 3. The monoisotopic (exact) mass is 314 g/mol. The van der Waals surface area contributed by atoms with Crippen LogP contribution in [0.1, 0.15) is 35.2 Å². The lowest BCUT2D eigenvalue weighted by molar-refractivity contribution is -0.163. The highest BCUT2D eigenvalue weighted by molar-refractivity contribution is 6.04. The van der Waals surface area contributed by atoms with E-state index in [1.54, 1.807) is 6.07 Å². The molecule has 0 bridgehead atoms. The standard InChI is InChI=1S/C16H18N4O3/c21-14-2-1-3-15(22)20(14)19-9-10-6-11(18-12-7-17-8-12)4-5-13(10)16(19)23/h4-6,12,17-18H,1-3,7-9H2. The summed E-state index contributed by atoms with van der Waals surface area (Å²) in [6.07, 6.45) is 1.19. The van der Waals surface area contributed by atoms with E-state index in [1.165, 1.54) is 5.01 Å². The summed E-state index contributed by atoms with van der Waals surface area (Å²) in [5.41, 5.74) is 2.37. The van der Waals surface area contributed by atoms with Crippen LogP contribution in [0.4, 0.5) is 5.69 Å². The zero-order valence-corrected chi connectivity index (χ0v) is 12.7. The SMILES string of the molecule is O=C1c2ccc(NC3CNC3)cc2CN1N1C(=O)CCCC1=O. The smallest absolute Gasteiger partial charge is 0.273 e. The van der Waals surface area contributed by atoms with Gasteiger partial charge < -0.3 is 10.6 Å². The molecule has 1 aromatic carbocycles. The number of fused-ring (bicyclic) bond motifs is 1. The van der Waals surface area contributed by atoms with Crippen LogP contribution in [0, 0.1) is 0 Å². The molecule has 3 amide bonds. The van der Waals surface area contributed by atoms with Crippen molar-refractivity contribution in [3.8, 4) is 0 Å². The van der Waals surface area contributed by atoms with E-state index in [-0.39, 0.29) is 24.3 Å². The number of hydrogen-bond acceptors (Lipinski definition) is 5. The van der Waals surface area contributed by atoms with Gasteiger partial charge in [0.1, 0.15) is 0 Å². The second kappa shape index (κ2) is 5.34. The Morgan fingerprint density at radius 2 is 1.83 bits per heavy atom. The molecule has 1 aromatic rings. The van der Waals surface area contributed by atoms with Gasteiger partial charge in [0, 0.05) is 37.2 Å². The van der Waals surface area contributed by atoms with Crippen LogP contribution in [0.3, 0.4) is 0 Å². The number of amides is 3. The largest absolute Gasteiger partial charge is 0.380 e. The molecule has 7 heteroatoms. The Morgan fingerprint density at radius 3 is 2.48 bits per heavy atom.